The zero-order valence-corrected chi connectivity index (χ0v) is 23.0. The largest absolute Gasteiger partial charge is 0.481 e. The summed E-state index contributed by atoms with van der Waals surface area (Å²) in [4.78, 5) is 30.3. The maximum absolute atomic E-state index is 16.1. The highest BCUT2D eigenvalue weighted by Crippen LogP contribution is 2.41. The molecule has 1 saturated carbocycles. The fourth-order valence-corrected chi connectivity index (χ4v) is 7.12. The Morgan fingerprint density at radius 3 is 2.33 bits per heavy atom. The van der Waals surface area contributed by atoms with E-state index in [2.05, 4.69) is 4.90 Å². The first-order valence-corrected chi connectivity index (χ1v) is 14.4. The third-order valence-electron chi connectivity index (χ3n) is 9.58. The van der Waals surface area contributed by atoms with Crippen LogP contribution in [0.5, 0.6) is 0 Å². The number of anilines is 1. The van der Waals surface area contributed by atoms with Gasteiger partial charge in [-0.3, -0.25) is 14.5 Å². The van der Waals surface area contributed by atoms with E-state index in [0.717, 1.165) is 37.8 Å². The van der Waals surface area contributed by atoms with Gasteiger partial charge in [0.15, 0.2) is 0 Å². The summed E-state index contributed by atoms with van der Waals surface area (Å²) in [5, 5.41) is 9.33. The predicted octanol–water partition coefficient (Wildman–Crippen LogP) is 4.69. The summed E-state index contributed by atoms with van der Waals surface area (Å²) in [6, 6.07) is 3.95. The number of halogens is 4. The molecule has 7 nitrogen and oxygen atoms in total. The van der Waals surface area contributed by atoms with Crippen LogP contribution in [0.4, 0.5) is 23.2 Å². The van der Waals surface area contributed by atoms with Gasteiger partial charge >= 0.3 is 12.1 Å². The topological polar surface area (TPSA) is 73.3 Å². The molecule has 1 N–H and O–H groups in total. The number of amides is 1. The van der Waals surface area contributed by atoms with Crippen molar-refractivity contribution in [3.63, 3.8) is 0 Å². The van der Waals surface area contributed by atoms with Crippen LogP contribution in [0.3, 0.4) is 0 Å². The van der Waals surface area contributed by atoms with Crippen molar-refractivity contribution in [2.45, 2.75) is 81.3 Å². The van der Waals surface area contributed by atoms with Gasteiger partial charge in [-0.1, -0.05) is 6.07 Å². The number of benzene rings is 1. The van der Waals surface area contributed by atoms with Gasteiger partial charge in [0.05, 0.1) is 17.6 Å². The quantitative estimate of drug-likeness (QED) is 0.501. The van der Waals surface area contributed by atoms with Crippen molar-refractivity contribution in [1.29, 1.82) is 0 Å². The Labute approximate surface area is 232 Å². The van der Waals surface area contributed by atoms with Gasteiger partial charge in [0, 0.05) is 70.4 Å². The summed E-state index contributed by atoms with van der Waals surface area (Å²) in [7, 11) is 1.71. The zero-order chi connectivity index (χ0) is 28.7. The molecule has 1 aromatic rings. The Hall–Kier alpha value is -2.40. The molecule has 0 aromatic heterocycles. The van der Waals surface area contributed by atoms with E-state index < -0.39 is 35.2 Å². The second-order valence-corrected chi connectivity index (χ2v) is 12.0. The minimum absolute atomic E-state index is 0.0827. The number of nitrogens with zero attached hydrogens (tertiary/aromatic N) is 3. The average Bonchev–Trinajstić information content (AvgIpc) is 3.60. The van der Waals surface area contributed by atoms with E-state index in [0.29, 0.717) is 56.7 Å². The lowest BCUT2D eigenvalue weighted by Crippen LogP contribution is -2.48. The second-order valence-electron chi connectivity index (χ2n) is 12.0. The lowest BCUT2D eigenvalue weighted by molar-refractivity contribution is -0.143. The molecule has 3 heterocycles. The van der Waals surface area contributed by atoms with Gasteiger partial charge in [-0.15, -0.1) is 0 Å². The Morgan fingerprint density at radius 2 is 1.70 bits per heavy atom. The van der Waals surface area contributed by atoms with E-state index in [9.17, 15) is 27.9 Å². The van der Waals surface area contributed by atoms with Crippen molar-refractivity contribution in [1.82, 2.24) is 9.80 Å². The SMILES string of the molecule is COC1CCC(N2CC[C@](F)(C(=O)N3CC[C@@H](c4ccc(C(F)(F)F)cc4N4CCC(C(=O)O)CC4)C3)C2)CC1. The lowest BCUT2D eigenvalue weighted by atomic mass is 9.91. The number of carboxylic acid groups (broad SMARTS) is 1. The maximum Gasteiger partial charge on any atom is 0.416 e. The maximum atomic E-state index is 16.1. The molecule has 3 aliphatic heterocycles. The molecule has 0 radical (unpaired) electrons. The zero-order valence-electron chi connectivity index (χ0n) is 23.0. The van der Waals surface area contributed by atoms with Crippen LogP contribution < -0.4 is 4.90 Å². The normalized spacial score (nSPS) is 30.7. The van der Waals surface area contributed by atoms with Crippen LogP contribution in [0.15, 0.2) is 18.2 Å². The number of carboxylic acids is 1. The van der Waals surface area contributed by atoms with Gasteiger partial charge in [-0.25, -0.2) is 4.39 Å². The molecule has 2 atom stereocenters. The molecule has 1 aliphatic carbocycles. The molecular weight excluding hydrogens is 530 g/mol. The fraction of sp³-hybridized carbons (Fsp3) is 0.724. The monoisotopic (exact) mass is 569 g/mol. The van der Waals surface area contributed by atoms with Crippen molar-refractivity contribution in [2.75, 3.05) is 51.3 Å². The first-order chi connectivity index (χ1) is 19.0. The molecule has 1 amide bonds. The number of carbonyl (C=O) groups excluding carboxylic acids is 1. The number of hydrogen-bond donors (Lipinski definition) is 1. The van der Waals surface area contributed by atoms with Crippen LogP contribution in [0.25, 0.3) is 0 Å². The number of alkyl halides is 4. The van der Waals surface area contributed by atoms with Gasteiger partial charge in [-0.2, -0.15) is 13.2 Å². The van der Waals surface area contributed by atoms with Crippen molar-refractivity contribution >= 4 is 17.6 Å². The van der Waals surface area contributed by atoms with Crippen LogP contribution in [0.2, 0.25) is 0 Å². The lowest BCUT2D eigenvalue weighted by Gasteiger charge is -2.35. The van der Waals surface area contributed by atoms with Crippen molar-refractivity contribution in [2.24, 2.45) is 5.92 Å². The molecule has 1 aromatic carbocycles. The second kappa shape index (κ2) is 11.5. The number of ether oxygens (including phenoxy) is 1. The van der Waals surface area contributed by atoms with E-state index >= 15 is 4.39 Å². The van der Waals surface area contributed by atoms with E-state index in [4.69, 9.17) is 4.74 Å². The predicted molar refractivity (Wildman–Crippen MR) is 141 cm³/mol. The minimum Gasteiger partial charge on any atom is -0.481 e. The molecule has 40 heavy (non-hydrogen) atoms. The van der Waals surface area contributed by atoms with Crippen molar-refractivity contribution in [3.05, 3.63) is 29.3 Å². The smallest absolute Gasteiger partial charge is 0.416 e. The summed E-state index contributed by atoms with van der Waals surface area (Å²) >= 11 is 0. The third-order valence-corrected chi connectivity index (χ3v) is 9.58. The van der Waals surface area contributed by atoms with Crippen LogP contribution in [0.1, 0.15) is 68.4 Å². The molecule has 222 valence electrons. The van der Waals surface area contributed by atoms with Gasteiger partial charge in [0.25, 0.3) is 5.91 Å². The molecule has 4 aliphatic rings. The number of methoxy groups -OCH3 is 1. The standard InChI is InChI=1S/C29H39F4N3O4/c1-40-23-5-3-22(4-6-23)36-15-11-28(30,18-36)27(39)35-14-10-20(17-35)24-7-2-21(29(31,32)33)16-25(24)34-12-8-19(9-13-34)26(37)38/h2,7,16,19-20,22-23H,3-6,8-15,17-18H2,1H3,(H,37,38)/t20-,22?,23?,28-/m1/s1. The Balaban J connectivity index is 1.27. The first-order valence-electron chi connectivity index (χ1n) is 14.4. The summed E-state index contributed by atoms with van der Waals surface area (Å²) in [6.07, 6.45) is 0.854. The van der Waals surface area contributed by atoms with E-state index in [1.807, 2.05) is 4.90 Å². The Morgan fingerprint density at radius 1 is 1.00 bits per heavy atom. The summed E-state index contributed by atoms with van der Waals surface area (Å²) < 4.78 is 62.3. The van der Waals surface area contributed by atoms with Crippen LogP contribution in [0, 0.1) is 5.92 Å². The van der Waals surface area contributed by atoms with E-state index in [1.54, 1.807) is 12.0 Å². The van der Waals surface area contributed by atoms with Crippen molar-refractivity contribution < 1.29 is 37.0 Å². The molecule has 4 fully saturated rings. The van der Waals surface area contributed by atoms with E-state index in [1.165, 1.54) is 6.07 Å². The molecule has 0 spiro atoms. The van der Waals surface area contributed by atoms with Crippen LogP contribution in [-0.4, -0.2) is 91.0 Å². The van der Waals surface area contributed by atoms with Gasteiger partial charge in [0.1, 0.15) is 0 Å². The van der Waals surface area contributed by atoms with E-state index in [-0.39, 0.29) is 37.6 Å². The highest BCUT2D eigenvalue weighted by molar-refractivity contribution is 5.86. The molecule has 0 unspecified atom stereocenters. The number of hydrogen-bond acceptors (Lipinski definition) is 5. The van der Waals surface area contributed by atoms with Crippen LogP contribution >= 0.6 is 0 Å². The number of carbonyl (C=O) groups is 2. The first kappa shape index (κ1) is 29.1. The summed E-state index contributed by atoms with van der Waals surface area (Å²) in [6.45, 7) is 1.92. The minimum atomic E-state index is -4.51. The fourth-order valence-electron chi connectivity index (χ4n) is 7.12. The highest BCUT2D eigenvalue weighted by Gasteiger charge is 2.50. The average molecular weight is 570 g/mol. The number of aliphatic carboxylic acids is 1. The third kappa shape index (κ3) is 5.95. The summed E-state index contributed by atoms with van der Waals surface area (Å²) in [5.41, 5.74) is -1.57. The van der Waals surface area contributed by atoms with Crippen molar-refractivity contribution in [3.8, 4) is 0 Å². The number of piperidine rings is 1. The van der Waals surface area contributed by atoms with Crippen LogP contribution in [-0.2, 0) is 20.5 Å². The number of rotatable bonds is 6. The molecule has 11 heteroatoms. The Bertz CT molecular complexity index is 1090. The Kier molecular flexibility index (Phi) is 8.34. The van der Waals surface area contributed by atoms with Gasteiger partial charge in [0.2, 0.25) is 5.67 Å². The van der Waals surface area contributed by atoms with Gasteiger partial charge in [-0.05, 0) is 62.6 Å². The molecule has 5 rings (SSSR count). The summed E-state index contributed by atoms with van der Waals surface area (Å²) in [5.74, 6) is -2.13. The molecular formula is C29H39F4N3O4. The van der Waals surface area contributed by atoms with Gasteiger partial charge < -0.3 is 19.6 Å². The molecule has 3 saturated heterocycles. The molecule has 0 bridgehead atoms. The highest BCUT2D eigenvalue weighted by atomic mass is 19.4. The number of likely N-dealkylation sites (tertiary alicyclic amines) is 2.